The second kappa shape index (κ2) is 9.14. The molecule has 13 heteroatoms. The van der Waals surface area contributed by atoms with Gasteiger partial charge in [0.05, 0.1) is 17.9 Å². The van der Waals surface area contributed by atoms with Crippen LogP contribution in [0.1, 0.15) is 53.5 Å². The molecule has 3 aromatic rings. The Labute approximate surface area is 188 Å². The summed E-state index contributed by atoms with van der Waals surface area (Å²) in [7, 11) is 0. The lowest BCUT2D eigenvalue weighted by Crippen LogP contribution is -2.48. The first-order valence-corrected chi connectivity index (χ1v) is 10.6. The number of anilines is 2. The van der Waals surface area contributed by atoms with Crippen molar-refractivity contribution in [3.63, 3.8) is 0 Å². The summed E-state index contributed by atoms with van der Waals surface area (Å²) in [6.07, 6.45) is 6.97. The molecule has 2 atom stereocenters. The van der Waals surface area contributed by atoms with Gasteiger partial charge in [-0.2, -0.15) is 10.2 Å². The summed E-state index contributed by atoms with van der Waals surface area (Å²) in [6, 6.07) is 1.36. The molecule has 4 rings (SSSR count). The number of carboxylic acid groups (broad SMARTS) is 1. The van der Waals surface area contributed by atoms with E-state index in [0.717, 1.165) is 25.7 Å². The first kappa shape index (κ1) is 22.0. The number of aromatic nitrogens is 5. The minimum absolute atomic E-state index is 0.0359. The quantitative estimate of drug-likeness (QED) is 0.353. The van der Waals surface area contributed by atoms with Gasteiger partial charge in [0.2, 0.25) is 0 Å². The van der Waals surface area contributed by atoms with E-state index < -0.39 is 17.9 Å². The molecule has 6 N–H and O–H groups in total. The molecule has 0 spiro atoms. The molecular weight excluding hydrogens is 430 g/mol. The Morgan fingerprint density at radius 1 is 1.24 bits per heavy atom. The molecule has 13 nitrogen and oxygen atoms in total. The number of hydrogen-bond donors (Lipinski definition) is 5. The van der Waals surface area contributed by atoms with E-state index in [2.05, 4.69) is 31.1 Å². The molecule has 174 valence electrons. The van der Waals surface area contributed by atoms with E-state index in [4.69, 9.17) is 10.8 Å². The van der Waals surface area contributed by atoms with Crippen LogP contribution < -0.4 is 21.7 Å². The SMILES string of the molecule is CCn1cc(NC(=O)c2cnn3ccc(N[C@H]4CCCC[C@H]4NC(=O)O)nc23)c(C(N)=O)n1. The van der Waals surface area contributed by atoms with Crippen molar-refractivity contribution >= 4 is 35.1 Å². The van der Waals surface area contributed by atoms with Gasteiger partial charge in [-0.3, -0.25) is 14.3 Å². The fraction of sp³-hybridized carbons (Fsp3) is 0.400. The van der Waals surface area contributed by atoms with Crippen LogP contribution in [0.15, 0.2) is 24.7 Å². The average molecular weight is 455 g/mol. The summed E-state index contributed by atoms with van der Waals surface area (Å²) in [5.41, 5.74) is 6.04. The van der Waals surface area contributed by atoms with Gasteiger partial charge >= 0.3 is 6.09 Å². The highest BCUT2D eigenvalue weighted by atomic mass is 16.4. The van der Waals surface area contributed by atoms with Crippen molar-refractivity contribution in [1.29, 1.82) is 0 Å². The molecular formula is C20H25N9O4. The van der Waals surface area contributed by atoms with Crippen LogP contribution in [0.2, 0.25) is 0 Å². The number of rotatable bonds is 7. The molecule has 1 fully saturated rings. The fourth-order valence-electron chi connectivity index (χ4n) is 3.98. The Morgan fingerprint density at radius 2 is 2.00 bits per heavy atom. The molecule has 1 saturated carbocycles. The van der Waals surface area contributed by atoms with Gasteiger partial charge in [0.1, 0.15) is 11.4 Å². The van der Waals surface area contributed by atoms with Gasteiger partial charge in [-0.15, -0.1) is 0 Å². The molecule has 0 aromatic carbocycles. The highest BCUT2D eigenvalue weighted by Gasteiger charge is 2.27. The lowest BCUT2D eigenvalue weighted by molar-refractivity contribution is 0.0995. The molecule has 0 aliphatic heterocycles. The van der Waals surface area contributed by atoms with Crippen LogP contribution in [0.25, 0.3) is 5.65 Å². The first-order valence-electron chi connectivity index (χ1n) is 10.6. The monoisotopic (exact) mass is 455 g/mol. The van der Waals surface area contributed by atoms with Crippen molar-refractivity contribution in [2.24, 2.45) is 5.73 Å². The second-order valence-electron chi connectivity index (χ2n) is 7.80. The standard InChI is InChI=1S/C20H25N9O4/c1-2-28-10-14(16(27-28)17(21)30)24-19(31)11-9-22-29-8-7-15(26-18(11)29)23-12-5-3-4-6-13(12)25-20(32)33/h7-10,12-13,25H,2-6H2,1H3,(H2,21,30)(H,23,26)(H,24,31)(H,32,33)/t12-,13+/m0/s1. The molecule has 3 aromatic heterocycles. The van der Waals surface area contributed by atoms with Crippen LogP contribution in [0, 0.1) is 0 Å². The summed E-state index contributed by atoms with van der Waals surface area (Å²) in [5, 5.41) is 25.8. The van der Waals surface area contributed by atoms with Gasteiger partial charge in [0, 0.05) is 25.0 Å². The predicted octanol–water partition coefficient (Wildman–Crippen LogP) is 1.29. The number of hydrogen-bond acceptors (Lipinski definition) is 7. The molecule has 0 bridgehead atoms. The van der Waals surface area contributed by atoms with Gasteiger partial charge in [0.25, 0.3) is 11.8 Å². The normalized spacial score (nSPS) is 18.1. The minimum atomic E-state index is -1.06. The zero-order valence-electron chi connectivity index (χ0n) is 18.0. The molecule has 0 radical (unpaired) electrons. The molecule has 3 heterocycles. The maximum absolute atomic E-state index is 12.9. The maximum atomic E-state index is 12.9. The van der Waals surface area contributed by atoms with Crippen molar-refractivity contribution in [2.45, 2.75) is 51.2 Å². The van der Waals surface area contributed by atoms with E-state index in [1.807, 2.05) is 6.92 Å². The van der Waals surface area contributed by atoms with Gasteiger partial charge < -0.3 is 26.8 Å². The van der Waals surface area contributed by atoms with Crippen molar-refractivity contribution in [1.82, 2.24) is 29.7 Å². The van der Waals surface area contributed by atoms with Gasteiger partial charge in [-0.25, -0.2) is 14.3 Å². The van der Waals surface area contributed by atoms with E-state index in [9.17, 15) is 14.4 Å². The van der Waals surface area contributed by atoms with Gasteiger partial charge in [0.15, 0.2) is 11.3 Å². The molecule has 1 aliphatic rings. The van der Waals surface area contributed by atoms with Crippen LogP contribution in [0.5, 0.6) is 0 Å². The summed E-state index contributed by atoms with van der Waals surface area (Å²) < 4.78 is 2.95. The van der Waals surface area contributed by atoms with E-state index in [1.165, 1.54) is 21.6 Å². The number of carbonyl (C=O) groups excluding carboxylic acids is 2. The molecule has 1 aliphatic carbocycles. The Morgan fingerprint density at radius 3 is 2.70 bits per heavy atom. The first-order chi connectivity index (χ1) is 15.9. The molecule has 0 saturated heterocycles. The number of fused-ring (bicyclic) bond motifs is 1. The maximum Gasteiger partial charge on any atom is 0.404 e. The highest BCUT2D eigenvalue weighted by Crippen LogP contribution is 2.23. The van der Waals surface area contributed by atoms with Crippen LogP contribution in [-0.2, 0) is 6.54 Å². The van der Waals surface area contributed by atoms with Crippen molar-refractivity contribution in [3.05, 3.63) is 35.9 Å². The van der Waals surface area contributed by atoms with E-state index in [-0.39, 0.29) is 29.0 Å². The van der Waals surface area contributed by atoms with Gasteiger partial charge in [-0.1, -0.05) is 12.8 Å². The third-order valence-corrected chi connectivity index (χ3v) is 5.59. The Hall–Kier alpha value is -4.16. The van der Waals surface area contributed by atoms with E-state index in [1.54, 1.807) is 12.3 Å². The Balaban J connectivity index is 1.57. The number of nitrogens with zero attached hydrogens (tertiary/aromatic N) is 5. The summed E-state index contributed by atoms with van der Waals surface area (Å²) in [4.78, 5) is 40.3. The molecule has 33 heavy (non-hydrogen) atoms. The zero-order valence-corrected chi connectivity index (χ0v) is 18.0. The Kier molecular flexibility index (Phi) is 6.11. The average Bonchev–Trinajstić information content (AvgIpc) is 3.38. The van der Waals surface area contributed by atoms with Crippen LogP contribution in [0.4, 0.5) is 16.3 Å². The second-order valence-corrected chi connectivity index (χ2v) is 7.80. The van der Waals surface area contributed by atoms with E-state index >= 15 is 0 Å². The minimum Gasteiger partial charge on any atom is -0.465 e. The largest absolute Gasteiger partial charge is 0.465 e. The zero-order chi connectivity index (χ0) is 23.5. The van der Waals surface area contributed by atoms with Crippen LogP contribution in [-0.4, -0.2) is 59.5 Å². The number of amides is 3. The van der Waals surface area contributed by atoms with Crippen LogP contribution >= 0.6 is 0 Å². The summed E-state index contributed by atoms with van der Waals surface area (Å²) in [5.74, 6) is -0.771. The molecule has 0 unspecified atom stereocenters. The Bertz CT molecular complexity index is 1200. The lowest BCUT2D eigenvalue weighted by Gasteiger charge is -2.32. The number of nitrogens with one attached hydrogen (secondary N) is 3. The molecule has 3 amide bonds. The predicted molar refractivity (Wildman–Crippen MR) is 118 cm³/mol. The van der Waals surface area contributed by atoms with Crippen molar-refractivity contribution in [3.8, 4) is 0 Å². The fourth-order valence-corrected chi connectivity index (χ4v) is 3.98. The number of aryl methyl sites for hydroxylation is 1. The third-order valence-electron chi connectivity index (χ3n) is 5.59. The number of primary amides is 1. The third kappa shape index (κ3) is 4.71. The van der Waals surface area contributed by atoms with Gasteiger partial charge in [-0.05, 0) is 25.8 Å². The van der Waals surface area contributed by atoms with Crippen molar-refractivity contribution in [2.75, 3.05) is 10.6 Å². The van der Waals surface area contributed by atoms with Crippen molar-refractivity contribution < 1.29 is 19.5 Å². The highest BCUT2D eigenvalue weighted by molar-refractivity contribution is 6.10. The summed E-state index contributed by atoms with van der Waals surface area (Å²) >= 11 is 0. The summed E-state index contributed by atoms with van der Waals surface area (Å²) in [6.45, 7) is 2.35. The topological polar surface area (TPSA) is 182 Å². The smallest absolute Gasteiger partial charge is 0.404 e. The lowest BCUT2D eigenvalue weighted by atomic mass is 9.90. The number of carbonyl (C=O) groups is 3. The van der Waals surface area contributed by atoms with E-state index in [0.29, 0.717) is 18.0 Å². The number of nitrogens with two attached hydrogens (primary N) is 1. The van der Waals surface area contributed by atoms with Crippen LogP contribution in [0.3, 0.4) is 0 Å².